The molecule has 1 aromatic heterocycles. The predicted octanol–water partition coefficient (Wildman–Crippen LogP) is 2.85. The van der Waals surface area contributed by atoms with Crippen molar-refractivity contribution in [2.75, 3.05) is 13.1 Å². The second-order valence-corrected chi connectivity index (χ2v) is 5.99. The second-order valence-electron chi connectivity index (χ2n) is 5.99. The molecule has 0 aliphatic carbocycles. The van der Waals surface area contributed by atoms with Gasteiger partial charge in [-0.1, -0.05) is 30.3 Å². The average Bonchev–Trinajstić information content (AvgIpc) is 3.01. The number of carboxylic acids is 1. The van der Waals surface area contributed by atoms with Crippen molar-refractivity contribution in [3.8, 4) is 0 Å². The normalized spacial score (nSPS) is 17.0. The van der Waals surface area contributed by atoms with E-state index < -0.39 is 11.4 Å². The van der Waals surface area contributed by atoms with E-state index in [9.17, 15) is 14.7 Å². The monoisotopic (exact) mass is 313 g/mol. The topological polar surface area (TPSA) is 70.8 Å². The molecule has 3 rings (SSSR count). The average molecular weight is 313 g/mol. The number of hydrogen-bond donors (Lipinski definition) is 1. The first-order valence-corrected chi connectivity index (χ1v) is 7.66. The van der Waals surface area contributed by atoms with Crippen LogP contribution in [-0.2, 0) is 10.2 Å². The van der Waals surface area contributed by atoms with Crippen LogP contribution < -0.4 is 0 Å². The first-order chi connectivity index (χ1) is 11.0. The zero-order valence-electron chi connectivity index (χ0n) is 13.0. The molecule has 1 N–H and O–H groups in total. The lowest BCUT2D eigenvalue weighted by Gasteiger charge is -2.39. The lowest BCUT2D eigenvalue weighted by Crippen LogP contribution is -2.49. The van der Waals surface area contributed by atoms with E-state index in [0.717, 1.165) is 5.56 Å². The van der Waals surface area contributed by atoms with Crippen LogP contribution in [0.2, 0.25) is 0 Å². The third-order valence-electron chi connectivity index (χ3n) is 4.62. The number of carboxylic acid groups (broad SMARTS) is 1. The Hall–Kier alpha value is -2.56. The molecule has 2 aromatic rings. The maximum atomic E-state index is 12.4. The van der Waals surface area contributed by atoms with Gasteiger partial charge in [-0.05, 0) is 31.4 Å². The standard InChI is InChI=1S/C18H19NO4/c1-13-11-14(12-23-13)16(20)19-9-7-18(8-10-19,17(21)22)15-5-3-2-4-6-15/h2-6,11-12H,7-10H2,1H3,(H,21,22). The summed E-state index contributed by atoms with van der Waals surface area (Å²) < 4.78 is 5.18. The number of carbonyl (C=O) groups is 2. The molecule has 0 bridgehead atoms. The Balaban J connectivity index is 1.78. The van der Waals surface area contributed by atoms with Gasteiger partial charge in [0, 0.05) is 13.1 Å². The second kappa shape index (κ2) is 5.91. The molecule has 5 nitrogen and oxygen atoms in total. The van der Waals surface area contributed by atoms with Gasteiger partial charge in [-0.2, -0.15) is 0 Å². The molecule has 0 atom stereocenters. The molecular weight excluding hydrogens is 294 g/mol. The summed E-state index contributed by atoms with van der Waals surface area (Å²) in [7, 11) is 0. The fraction of sp³-hybridized carbons (Fsp3) is 0.333. The number of aliphatic carboxylic acids is 1. The Labute approximate surface area is 134 Å². The first kappa shape index (κ1) is 15.3. The van der Waals surface area contributed by atoms with Crippen molar-refractivity contribution in [3.05, 3.63) is 59.5 Å². The van der Waals surface area contributed by atoms with Gasteiger partial charge in [-0.25, -0.2) is 0 Å². The Bertz CT molecular complexity index is 712. The van der Waals surface area contributed by atoms with E-state index in [-0.39, 0.29) is 5.91 Å². The Morgan fingerprint density at radius 2 is 1.83 bits per heavy atom. The van der Waals surface area contributed by atoms with Crippen LogP contribution in [0, 0.1) is 6.92 Å². The molecule has 2 heterocycles. The molecule has 1 aliphatic rings. The number of hydrogen-bond acceptors (Lipinski definition) is 3. The Morgan fingerprint density at radius 3 is 2.35 bits per heavy atom. The van der Waals surface area contributed by atoms with Crippen LogP contribution in [0.25, 0.3) is 0 Å². The number of amides is 1. The zero-order valence-corrected chi connectivity index (χ0v) is 13.0. The molecule has 1 fully saturated rings. The summed E-state index contributed by atoms with van der Waals surface area (Å²) in [5.41, 5.74) is 0.411. The molecule has 23 heavy (non-hydrogen) atoms. The van der Waals surface area contributed by atoms with Crippen LogP contribution in [0.3, 0.4) is 0 Å². The van der Waals surface area contributed by atoms with Crippen LogP contribution in [0.5, 0.6) is 0 Å². The van der Waals surface area contributed by atoms with E-state index >= 15 is 0 Å². The van der Waals surface area contributed by atoms with E-state index in [1.165, 1.54) is 6.26 Å². The van der Waals surface area contributed by atoms with Gasteiger partial charge in [0.2, 0.25) is 0 Å². The van der Waals surface area contributed by atoms with Gasteiger partial charge in [-0.15, -0.1) is 0 Å². The van der Waals surface area contributed by atoms with Crippen LogP contribution >= 0.6 is 0 Å². The molecule has 1 aliphatic heterocycles. The third kappa shape index (κ3) is 2.74. The summed E-state index contributed by atoms with van der Waals surface area (Å²) in [4.78, 5) is 26.1. The SMILES string of the molecule is Cc1cc(C(=O)N2CCC(C(=O)O)(c3ccccc3)CC2)co1. The summed E-state index contributed by atoms with van der Waals surface area (Å²) >= 11 is 0. The molecule has 0 unspecified atom stereocenters. The highest BCUT2D eigenvalue weighted by Crippen LogP contribution is 2.36. The third-order valence-corrected chi connectivity index (χ3v) is 4.62. The lowest BCUT2D eigenvalue weighted by atomic mass is 9.73. The van der Waals surface area contributed by atoms with Crippen molar-refractivity contribution in [2.24, 2.45) is 0 Å². The molecule has 5 heteroatoms. The molecule has 1 aromatic carbocycles. The maximum Gasteiger partial charge on any atom is 0.314 e. The maximum absolute atomic E-state index is 12.4. The van der Waals surface area contributed by atoms with E-state index in [1.54, 1.807) is 17.9 Å². The highest BCUT2D eigenvalue weighted by atomic mass is 16.4. The quantitative estimate of drug-likeness (QED) is 0.946. The molecular formula is C18H19NO4. The van der Waals surface area contributed by atoms with Crippen LogP contribution in [0.1, 0.15) is 34.5 Å². The Morgan fingerprint density at radius 1 is 1.17 bits per heavy atom. The first-order valence-electron chi connectivity index (χ1n) is 7.66. The minimum atomic E-state index is -0.912. The summed E-state index contributed by atoms with van der Waals surface area (Å²) in [5, 5.41) is 9.77. The van der Waals surface area contributed by atoms with E-state index in [2.05, 4.69) is 0 Å². The zero-order chi connectivity index (χ0) is 16.4. The fourth-order valence-corrected chi connectivity index (χ4v) is 3.21. The number of benzene rings is 1. The van der Waals surface area contributed by atoms with Gasteiger partial charge >= 0.3 is 5.97 Å². The number of aryl methyl sites for hydroxylation is 1. The van der Waals surface area contributed by atoms with Gasteiger partial charge in [0.25, 0.3) is 5.91 Å². The van der Waals surface area contributed by atoms with Crippen LogP contribution in [0.4, 0.5) is 0 Å². The van der Waals surface area contributed by atoms with Crippen molar-refractivity contribution < 1.29 is 19.1 Å². The van der Waals surface area contributed by atoms with Gasteiger partial charge in [0.15, 0.2) is 0 Å². The van der Waals surface area contributed by atoms with Crippen molar-refractivity contribution in [2.45, 2.75) is 25.2 Å². The fourth-order valence-electron chi connectivity index (χ4n) is 3.21. The summed E-state index contributed by atoms with van der Waals surface area (Å²) in [6.45, 7) is 2.63. The van der Waals surface area contributed by atoms with Crippen molar-refractivity contribution in [1.29, 1.82) is 0 Å². The number of carbonyl (C=O) groups excluding carboxylic acids is 1. The highest BCUT2D eigenvalue weighted by molar-refractivity contribution is 5.94. The Kier molecular flexibility index (Phi) is 3.94. The molecule has 0 radical (unpaired) electrons. The number of furan rings is 1. The van der Waals surface area contributed by atoms with E-state index in [0.29, 0.717) is 37.3 Å². The van der Waals surface area contributed by atoms with Crippen LogP contribution in [0.15, 0.2) is 47.1 Å². The van der Waals surface area contributed by atoms with Gasteiger partial charge in [0.1, 0.15) is 12.0 Å². The molecule has 0 spiro atoms. The number of piperidine rings is 1. The van der Waals surface area contributed by atoms with Crippen LogP contribution in [-0.4, -0.2) is 35.0 Å². The predicted molar refractivity (Wildman–Crippen MR) is 84.3 cm³/mol. The number of likely N-dealkylation sites (tertiary alicyclic amines) is 1. The number of nitrogens with zero attached hydrogens (tertiary/aromatic N) is 1. The molecule has 1 amide bonds. The van der Waals surface area contributed by atoms with Crippen molar-refractivity contribution in [1.82, 2.24) is 4.90 Å². The summed E-state index contributed by atoms with van der Waals surface area (Å²) in [6, 6.07) is 11.0. The minimum absolute atomic E-state index is 0.103. The van der Waals surface area contributed by atoms with E-state index in [1.807, 2.05) is 30.3 Å². The lowest BCUT2D eigenvalue weighted by molar-refractivity contribution is -0.145. The molecule has 120 valence electrons. The molecule has 1 saturated heterocycles. The highest BCUT2D eigenvalue weighted by Gasteiger charge is 2.43. The molecule has 0 saturated carbocycles. The minimum Gasteiger partial charge on any atom is -0.481 e. The van der Waals surface area contributed by atoms with E-state index in [4.69, 9.17) is 4.42 Å². The van der Waals surface area contributed by atoms with Crippen molar-refractivity contribution >= 4 is 11.9 Å². The van der Waals surface area contributed by atoms with Gasteiger partial charge in [0.05, 0.1) is 11.0 Å². The summed E-state index contributed by atoms with van der Waals surface area (Å²) in [6.07, 6.45) is 2.28. The number of rotatable bonds is 3. The van der Waals surface area contributed by atoms with Gasteiger partial charge < -0.3 is 14.4 Å². The summed E-state index contributed by atoms with van der Waals surface area (Å²) in [5.74, 6) is -0.238. The van der Waals surface area contributed by atoms with Crippen molar-refractivity contribution in [3.63, 3.8) is 0 Å². The largest absolute Gasteiger partial charge is 0.481 e. The van der Waals surface area contributed by atoms with Gasteiger partial charge in [-0.3, -0.25) is 9.59 Å². The smallest absolute Gasteiger partial charge is 0.314 e.